The summed E-state index contributed by atoms with van der Waals surface area (Å²) in [5.74, 6) is 0.154. The minimum atomic E-state index is -0.729. The molecule has 2 aliphatic heterocycles. The first-order valence-electron chi connectivity index (χ1n) is 11.5. The minimum Gasteiger partial charge on any atom is -0.481 e. The van der Waals surface area contributed by atoms with Gasteiger partial charge in [0.15, 0.2) is 0 Å². The van der Waals surface area contributed by atoms with Crippen molar-refractivity contribution < 1.29 is 19.7 Å². The summed E-state index contributed by atoms with van der Waals surface area (Å²) >= 11 is 0. The number of aliphatic carboxylic acids is 1. The van der Waals surface area contributed by atoms with Crippen LogP contribution in [0.5, 0.6) is 0 Å². The summed E-state index contributed by atoms with van der Waals surface area (Å²) in [6.07, 6.45) is 16.4. The van der Waals surface area contributed by atoms with E-state index < -0.39 is 12.1 Å². The fraction of sp³-hybridized carbons (Fsp3) is 0.577. The molecule has 30 heavy (non-hydrogen) atoms. The van der Waals surface area contributed by atoms with Gasteiger partial charge in [0.25, 0.3) is 0 Å². The monoisotopic (exact) mass is 412 g/mol. The van der Waals surface area contributed by atoms with Crippen LogP contribution in [-0.2, 0) is 16.0 Å². The van der Waals surface area contributed by atoms with Crippen molar-refractivity contribution in [3.63, 3.8) is 0 Å². The summed E-state index contributed by atoms with van der Waals surface area (Å²) in [7, 11) is 0. The van der Waals surface area contributed by atoms with Crippen molar-refractivity contribution in [3.8, 4) is 0 Å². The molecular weight excluding hydrogens is 376 g/mol. The van der Waals surface area contributed by atoms with Crippen LogP contribution in [0.1, 0.15) is 62.5 Å². The highest BCUT2D eigenvalue weighted by molar-refractivity contribution is 5.66. The van der Waals surface area contributed by atoms with Crippen molar-refractivity contribution in [1.29, 1.82) is 0 Å². The Hall–Kier alpha value is -1.91. The Kier molecular flexibility index (Phi) is 8.71. The number of hydrogen-bond donors (Lipinski definition) is 2. The van der Waals surface area contributed by atoms with Crippen LogP contribution in [0.4, 0.5) is 0 Å². The second kappa shape index (κ2) is 11.5. The van der Waals surface area contributed by atoms with Crippen molar-refractivity contribution in [2.75, 3.05) is 0 Å². The third-order valence-corrected chi connectivity index (χ3v) is 6.47. The SMILES string of the molecule is Cc1ccc(CCC(O)/C=C/C2CC3CCC(O3)C2C/C=C/CCCC(=O)O)cc1. The number of allylic oxidation sites excluding steroid dienone is 3. The number of unbranched alkanes of at least 4 members (excludes halogenated alkanes) is 1. The molecule has 1 aromatic carbocycles. The fourth-order valence-electron chi connectivity index (χ4n) is 4.70. The molecule has 2 N–H and O–H groups in total. The molecule has 164 valence electrons. The first-order valence-corrected chi connectivity index (χ1v) is 11.5. The molecule has 0 saturated carbocycles. The Balaban J connectivity index is 1.49. The van der Waals surface area contributed by atoms with Gasteiger partial charge in [0, 0.05) is 6.42 Å². The van der Waals surface area contributed by atoms with Crippen LogP contribution < -0.4 is 0 Å². The van der Waals surface area contributed by atoms with E-state index in [1.165, 1.54) is 11.1 Å². The number of carboxylic acid groups (broad SMARTS) is 1. The van der Waals surface area contributed by atoms with Crippen molar-refractivity contribution in [2.45, 2.75) is 83.0 Å². The molecule has 0 aromatic heterocycles. The standard InChI is InChI=1S/C26H36O4/c1-19-8-10-20(11-9-19)12-14-22(27)15-13-21-18-23-16-17-25(30-23)24(21)6-4-2-3-5-7-26(28)29/h2,4,8-11,13,15,21-25,27H,3,5-7,12,14,16-18H2,1H3,(H,28,29)/b4-2+,15-13+. The van der Waals surface area contributed by atoms with Gasteiger partial charge in [-0.1, -0.05) is 54.1 Å². The molecule has 0 aliphatic carbocycles. The molecule has 2 saturated heterocycles. The number of benzene rings is 1. The van der Waals surface area contributed by atoms with E-state index in [0.717, 1.165) is 44.9 Å². The maximum absolute atomic E-state index is 10.6. The molecule has 5 unspecified atom stereocenters. The first-order chi connectivity index (χ1) is 14.5. The normalized spacial score (nSPS) is 27.1. The highest BCUT2D eigenvalue weighted by Gasteiger charge is 2.41. The van der Waals surface area contributed by atoms with Crippen molar-refractivity contribution >= 4 is 5.97 Å². The molecular formula is C26H36O4. The van der Waals surface area contributed by atoms with Crippen LogP contribution in [0.3, 0.4) is 0 Å². The van der Waals surface area contributed by atoms with E-state index in [2.05, 4.69) is 49.4 Å². The van der Waals surface area contributed by atoms with E-state index in [-0.39, 0.29) is 6.42 Å². The number of aliphatic hydroxyl groups excluding tert-OH is 1. The van der Waals surface area contributed by atoms with Gasteiger partial charge in [-0.25, -0.2) is 0 Å². The van der Waals surface area contributed by atoms with Crippen LogP contribution in [0.25, 0.3) is 0 Å². The zero-order chi connectivity index (χ0) is 21.3. The topological polar surface area (TPSA) is 66.8 Å². The lowest BCUT2D eigenvalue weighted by Crippen LogP contribution is -2.34. The zero-order valence-corrected chi connectivity index (χ0v) is 18.1. The lowest BCUT2D eigenvalue weighted by molar-refractivity contribution is -0.137. The molecule has 4 nitrogen and oxygen atoms in total. The number of aliphatic hydroxyl groups is 1. The van der Waals surface area contributed by atoms with Gasteiger partial charge in [0.2, 0.25) is 0 Å². The summed E-state index contributed by atoms with van der Waals surface area (Å²) in [6.45, 7) is 2.09. The summed E-state index contributed by atoms with van der Waals surface area (Å²) < 4.78 is 6.16. The molecule has 2 heterocycles. The zero-order valence-electron chi connectivity index (χ0n) is 18.1. The number of ether oxygens (including phenoxy) is 1. The maximum atomic E-state index is 10.6. The number of carbonyl (C=O) groups is 1. The second-order valence-electron chi connectivity index (χ2n) is 8.91. The Bertz CT molecular complexity index is 721. The molecule has 5 atom stereocenters. The smallest absolute Gasteiger partial charge is 0.303 e. The summed E-state index contributed by atoms with van der Waals surface area (Å²) in [6, 6.07) is 8.52. The number of rotatable bonds is 11. The molecule has 2 fully saturated rings. The van der Waals surface area contributed by atoms with Crippen LogP contribution in [0.2, 0.25) is 0 Å². The molecule has 1 aromatic rings. The summed E-state index contributed by atoms with van der Waals surface area (Å²) in [5.41, 5.74) is 2.53. The van der Waals surface area contributed by atoms with Crippen LogP contribution >= 0.6 is 0 Å². The molecule has 0 spiro atoms. The van der Waals surface area contributed by atoms with Crippen molar-refractivity contribution in [1.82, 2.24) is 0 Å². The van der Waals surface area contributed by atoms with Crippen LogP contribution in [-0.4, -0.2) is 34.5 Å². The summed E-state index contributed by atoms with van der Waals surface area (Å²) in [5, 5.41) is 19.2. The number of hydrogen-bond acceptors (Lipinski definition) is 3. The minimum absolute atomic E-state index is 0.229. The van der Waals surface area contributed by atoms with Gasteiger partial charge < -0.3 is 14.9 Å². The van der Waals surface area contributed by atoms with Gasteiger partial charge >= 0.3 is 5.97 Å². The molecule has 3 rings (SSSR count). The lowest BCUT2D eigenvalue weighted by Gasteiger charge is -2.35. The number of aryl methyl sites for hydroxylation is 2. The molecule has 4 heteroatoms. The number of fused-ring (bicyclic) bond motifs is 2. The first kappa shape index (κ1) is 22.8. The molecule has 2 bridgehead atoms. The largest absolute Gasteiger partial charge is 0.481 e. The van der Waals surface area contributed by atoms with Crippen LogP contribution in [0.15, 0.2) is 48.6 Å². The van der Waals surface area contributed by atoms with E-state index in [1.54, 1.807) is 0 Å². The Morgan fingerprint density at radius 3 is 2.80 bits per heavy atom. The van der Waals surface area contributed by atoms with E-state index in [9.17, 15) is 9.90 Å². The Morgan fingerprint density at radius 1 is 1.23 bits per heavy atom. The average molecular weight is 413 g/mol. The number of carboxylic acids is 1. The predicted molar refractivity (Wildman–Crippen MR) is 119 cm³/mol. The van der Waals surface area contributed by atoms with E-state index in [0.29, 0.717) is 30.5 Å². The Labute approximate surface area is 180 Å². The average Bonchev–Trinajstić information content (AvgIpc) is 3.12. The van der Waals surface area contributed by atoms with Crippen molar-refractivity contribution in [2.24, 2.45) is 11.8 Å². The van der Waals surface area contributed by atoms with Gasteiger partial charge in [0.1, 0.15) is 0 Å². The fourth-order valence-corrected chi connectivity index (χ4v) is 4.70. The van der Waals surface area contributed by atoms with Gasteiger partial charge in [-0.05, 0) is 75.7 Å². The van der Waals surface area contributed by atoms with Gasteiger partial charge in [0.05, 0.1) is 18.3 Å². The van der Waals surface area contributed by atoms with E-state index in [4.69, 9.17) is 9.84 Å². The molecule has 2 aliphatic rings. The molecule has 0 amide bonds. The second-order valence-corrected chi connectivity index (χ2v) is 8.91. The van der Waals surface area contributed by atoms with Crippen molar-refractivity contribution in [3.05, 3.63) is 59.7 Å². The quantitative estimate of drug-likeness (QED) is 0.386. The van der Waals surface area contributed by atoms with Crippen LogP contribution in [0, 0.1) is 18.8 Å². The van der Waals surface area contributed by atoms with E-state index in [1.807, 2.05) is 6.08 Å². The highest BCUT2D eigenvalue weighted by atomic mass is 16.5. The summed E-state index contributed by atoms with van der Waals surface area (Å²) in [4.78, 5) is 10.6. The van der Waals surface area contributed by atoms with Gasteiger partial charge in [-0.3, -0.25) is 4.79 Å². The van der Waals surface area contributed by atoms with Gasteiger partial charge in [-0.15, -0.1) is 0 Å². The third-order valence-electron chi connectivity index (χ3n) is 6.47. The van der Waals surface area contributed by atoms with Gasteiger partial charge in [-0.2, -0.15) is 0 Å². The predicted octanol–water partition coefficient (Wildman–Crippen LogP) is 5.23. The highest BCUT2D eigenvalue weighted by Crippen LogP contribution is 2.42. The Morgan fingerprint density at radius 2 is 2.03 bits per heavy atom. The van der Waals surface area contributed by atoms with E-state index >= 15 is 0 Å². The maximum Gasteiger partial charge on any atom is 0.303 e. The lowest BCUT2D eigenvalue weighted by atomic mass is 9.81. The molecule has 0 radical (unpaired) electrons. The third kappa shape index (κ3) is 7.10.